The SMILES string of the molecule is C=CCO[C@@H]1CN(C(=O)OCc2ccccc2)C[C@H]1NC(=O)CNC(=O)c1cccc(C(F)(F)F)c1. The summed E-state index contributed by atoms with van der Waals surface area (Å²) in [4.78, 5) is 38.6. The predicted molar refractivity (Wildman–Crippen MR) is 124 cm³/mol. The quantitative estimate of drug-likeness (QED) is 0.511. The van der Waals surface area contributed by atoms with Crippen LogP contribution >= 0.6 is 0 Å². The van der Waals surface area contributed by atoms with Gasteiger partial charge in [0.1, 0.15) is 6.61 Å². The molecule has 2 atom stereocenters. The lowest BCUT2D eigenvalue weighted by Crippen LogP contribution is -2.47. The fourth-order valence-corrected chi connectivity index (χ4v) is 3.59. The van der Waals surface area contributed by atoms with Crippen molar-refractivity contribution >= 4 is 17.9 Å². The van der Waals surface area contributed by atoms with Gasteiger partial charge in [0.25, 0.3) is 5.91 Å². The number of carbonyl (C=O) groups excluding carboxylic acids is 3. The minimum Gasteiger partial charge on any atom is -0.445 e. The van der Waals surface area contributed by atoms with E-state index in [1.54, 1.807) is 0 Å². The van der Waals surface area contributed by atoms with Gasteiger partial charge in [-0.05, 0) is 23.8 Å². The van der Waals surface area contributed by atoms with Crippen LogP contribution in [0, 0.1) is 0 Å². The van der Waals surface area contributed by atoms with Gasteiger partial charge in [-0.3, -0.25) is 9.59 Å². The first-order valence-corrected chi connectivity index (χ1v) is 11.1. The summed E-state index contributed by atoms with van der Waals surface area (Å²) in [6, 6.07) is 12.5. The van der Waals surface area contributed by atoms with Gasteiger partial charge in [-0.25, -0.2) is 4.79 Å². The summed E-state index contributed by atoms with van der Waals surface area (Å²) in [6.07, 6.45) is -4.18. The van der Waals surface area contributed by atoms with Crippen LogP contribution in [-0.4, -0.2) is 61.2 Å². The molecule has 8 nitrogen and oxygen atoms in total. The summed E-state index contributed by atoms with van der Waals surface area (Å²) in [6.45, 7) is 3.68. The van der Waals surface area contributed by atoms with Gasteiger partial charge in [0.15, 0.2) is 0 Å². The first kappa shape index (κ1) is 26.7. The summed E-state index contributed by atoms with van der Waals surface area (Å²) in [7, 11) is 0. The maximum Gasteiger partial charge on any atom is 0.416 e. The number of carbonyl (C=O) groups is 3. The summed E-state index contributed by atoms with van der Waals surface area (Å²) >= 11 is 0. The second kappa shape index (κ2) is 12.2. The number of amides is 3. The zero-order chi connectivity index (χ0) is 26.1. The average molecular weight is 505 g/mol. The second-order valence-corrected chi connectivity index (χ2v) is 8.04. The van der Waals surface area contributed by atoms with Gasteiger partial charge in [-0.15, -0.1) is 6.58 Å². The molecule has 1 heterocycles. The van der Waals surface area contributed by atoms with Crippen LogP contribution in [0.2, 0.25) is 0 Å². The van der Waals surface area contributed by atoms with Gasteiger partial charge in [0.2, 0.25) is 5.91 Å². The van der Waals surface area contributed by atoms with Crippen LogP contribution in [0.25, 0.3) is 0 Å². The van der Waals surface area contributed by atoms with Gasteiger partial charge in [0, 0.05) is 12.1 Å². The Kier molecular flexibility index (Phi) is 9.07. The number of hydrogen-bond donors (Lipinski definition) is 2. The first-order valence-electron chi connectivity index (χ1n) is 11.1. The smallest absolute Gasteiger partial charge is 0.416 e. The Morgan fingerprint density at radius 1 is 1.08 bits per heavy atom. The van der Waals surface area contributed by atoms with Gasteiger partial charge in [-0.2, -0.15) is 13.2 Å². The highest BCUT2D eigenvalue weighted by Crippen LogP contribution is 2.29. The summed E-state index contributed by atoms with van der Waals surface area (Å²) in [5.74, 6) is -1.42. The number of nitrogens with zero attached hydrogens (tertiary/aromatic N) is 1. The minimum absolute atomic E-state index is 0.0902. The fraction of sp³-hybridized carbons (Fsp3) is 0.320. The second-order valence-electron chi connectivity index (χ2n) is 8.04. The normalized spacial score (nSPS) is 17.4. The van der Waals surface area contributed by atoms with E-state index in [9.17, 15) is 27.6 Å². The number of rotatable bonds is 9. The number of hydrogen-bond acceptors (Lipinski definition) is 5. The van der Waals surface area contributed by atoms with Crippen molar-refractivity contribution in [3.63, 3.8) is 0 Å². The topological polar surface area (TPSA) is 97.0 Å². The van der Waals surface area contributed by atoms with Crippen LogP contribution in [-0.2, 0) is 27.1 Å². The number of alkyl halides is 3. The highest BCUT2D eigenvalue weighted by Gasteiger charge is 2.37. The van der Waals surface area contributed by atoms with Gasteiger partial charge >= 0.3 is 12.3 Å². The van der Waals surface area contributed by atoms with Crippen molar-refractivity contribution in [3.05, 3.63) is 83.9 Å². The van der Waals surface area contributed by atoms with E-state index >= 15 is 0 Å². The van der Waals surface area contributed by atoms with Crippen molar-refractivity contribution in [2.75, 3.05) is 26.2 Å². The molecule has 1 fully saturated rings. The van der Waals surface area contributed by atoms with Crippen LogP contribution in [0.5, 0.6) is 0 Å². The Morgan fingerprint density at radius 2 is 1.83 bits per heavy atom. The molecule has 0 bridgehead atoms. The predicted octanol–water partition coefficient (Wildman–Crippen LogP) is 3.14. The molecule has 2 N–H and O–H groups in total. The van der Waals surface area contributed by atoms with E-state index in [1.807, 2.05) is 30.3 Å². The zero-order valence-electron chi connectivity index (χ0n) is 19.3. The summed E-state index contributed by atoms with van der Waals surface area (Å²) in [5.41, 5.74) is -0.365. The van der Waals surface area contributed by atoms with E-state index in [4.69, 9.17) is 9.47 Å². The fourth-order valence-electron chi connectivity index (χ4n) is 3.59. The molecule has 11 heteroatoms. The van der Waals surface area contributed by atoms with E-state index < -0.39 is 48.3 Å². The van der Waals surface area contributed by atoms with Crippen LogP contribution in [0.4, 0.5) is 18.0 Å². The van der Waals surface area contributed by atoms with Crippen molar-refractivity contribution in [1.29, 1.82) is 0 Å². The molecular weight excluding hydrogens is 479 g/mol. The van der Waals surface area contributed by atoms with Crippen molar-refractivity contribution in [2.45, 2.75) is 24.9 Å². The lowest BCUT2D eigenvalue weighted by molar-refractivity contribution is -0.137. The Labute approximate surface area is 206 Å². The lowest BCUT2D eigenvalue weighted by atomic mass is 10.1. The molecule has 2 aromatic carbocycles. The number of benzene rings is 2. The van der Waals surface area contributed by atoms with Crippen molar-refractivity contribution in [2.24, 2.45) is 0 Å². The van der Waals surface area contributed by atoms with Crippen LogP contribution in [0.15, 0.2) is 67.3 Å². The molecule has 1 aliphatic heterocycles. The standard InChI is InChI=1S/C25H26F3N3O5/c1-2-11-35-21-15-31(24(34)36-16-17-7-4-3-5-8-17)14-20(21)30-22(32)13-29-23(33)18-9-6-10-19(12-18)25(26,27)28/h2-10,12,20-21H,1,11,13-16H2,(H,29,33)(H,30,32)/t20-,21-/m1/s1. The Balaban J connectivity index is 1.53. The van der Waals surface area contributed by atoms with E-state index in [2.05, 4.69) is 17.2 Å². The van der Waals surface area contributed by atoms with Crippen molar-refractivity contribution in [3.8, 4) is 0 Å². The van der Waals surface area contributed by atoms with E-state index in [0.29, 0.717) is 6.07 Å². The average Bonchev–Trinajstić information content (AvgIpc) is 3.27. The van der Waals surface area contributed by atoms with Crippen molar-refractivity contribution in [1.82, 2.24) is 15.5 Å². The number of nitrogens with one attached hydrogen (secondary N) is 2. The molecule has 0 aliphatic carbocycles. The van der Waals surface area contributed by atoms with Crippen molar-refractivity contribution < 1.29 is 37.0 Å². The van der Waals surface area contributed by atoms with Gasteiger partial charge in [-0.1, -0.05) is 42.5 Å². The molecule has 3 rings (SSSR count). The number of ether oxygens (including phenoxy) is 2. The Hall–Kier alpha value is -3.86. The summed E-state index contributed by atoms with van der Waals surface area (Å²) in [5, 5.41) is 5.00. The molecule has 0 saturated carbocycles. The first-order chi connectivity index (χ1) is 17.2. The molecule has 3 amide bonds. The molecule has 1 saturated heterocycles. The highest BCUT2D eigenvalue weighted by atomic mass is 19.4. The molecule has 0 aromatic heterocycles. The highest BCUT2D eigenvalue weighted by molar-refractivity contribution is 5.96. The largest absolute Gasteiger partial charge is 0.445 e. The molecule has 36 heavy (non-hydrogen) atoms. The lowest BCUT2D eigenvalue weighted by Gasteiger charge is -2.19. The van der Waals surface area contributed by atoms with Crippen LogP contribution in [0.1, 0.15) is 21.5 Å². The molecular formula is C25H26F3N3O5. The van der Waals surface area contributed by atoms with E-state index in [-0.39, 0.29) is 31.9 Å². The molecule has 0 unspecified atom stereocenters. The third-order valence-electron chi connectivity index (χ3n) is 5.37. The van der Waals surface area contributed by atoms with E-state index in [1.165, 1.54) is 17.0 Å². The molecule has 1 aliphatic rings. The van der Waals surface area contributed by atoms with Gasteiger partial charge in [0.05, 0.1) is 37.4 Å². The van der Waals surface area contributed by atoms with Crippen LogP contribution < -0.4 is 10.6 Å². The number of halogens is 3. The third-order valence-corrected chi connectivity index (χ3v) is 5.37. The zero-order valence-corrected chi connectivity index (χ0v) is 19.3. The maximum atomic E-state index is 12.9. The van der Waals surface area contributed by atoms with Crippen LogP contribution in [0.3, 0.4) is 0 Å². The van der Waals surface area contributed by atoms with Gasteiger partial charge < -0.3 is 25.0 Å². The molecule has 2 aromatic rings. The number of likely N-dealkylation sites (tertiary alicyclic amines) is 1. The maximum absolute atomic E-state index is 12.9. The van der Waals surface area contributed by atoms with E-state index in [0.717, 1.165) is 17.7 Å². The minimum atomic E-state index is -4.59. The Morgan fingerprint density at radius 3 is 2.53 bits per heavy atom. The third kappa shape index (κ3) is 7.57. The Bertz CT molecular complexity index is 1080. The molecule has 0 radical (unpaired) electrons. The summed E-state index contributed by atoms with van der Waals surface area (Å²) < 4.78 is 49.6. The molecule has 0 spiro atoms. The monoisotopic (exact) mass is 505 g/mol. The molecule has 192 valence electrons.